The van der Waals surface area contributed by atoms with Gasteiger partial charge >= 0.3 is 0 Å². The van der Waals surface area contributed by atoms with E-state index in [1.807, 2.05) is 13.8 Å². The molecule has 1 aromatic rings. The SMILES string of the molecule is CCC(C)c1c(C)cc(C)c(O)c1C. The van der Waals surface area contributed by atoms with E-state index in [1.165, 1.54) is 11.1 Å². The lowest BCUT2D eigenvalue weighted by Gasteiger charge is -2.18. The first-order valence-electron chi connectivity index (χ1n) is 5.28. The van der Waals surface area contributed by atoms with Crippen molar-refractivity contribution in [1.29, 1.82) is 0 Å². The van der Waals surface area contributed by atoms with E-state index < -0.39 is 0 Å². The average Bonchev–Trinajstić information content (AvgIpc) is 2.14. The molecular weight excluding hydrogens is 172 g/mol. The number of benzene rings is 1. The van der Waals surface area contributed by atoms with E-state index in [-0.39, 0.29) is 0 Å². The molecule has 0 spiro atoms. The van der Waals surface area contributed by atoms with Crippen molar-refractivity contribution in [1.82, 2.24) is 0 Å². The van der Waals surface area contributed by atoms with Crippen LogP contribution in [0, 0.1) is 20.8 Å². The lowest BCUT2D eigenvalue weighted by molar-refractivity contribution is 0.464. The summed E-state index contributed by atoms with van der Waals surface area (Å²) in [6.45, 7) is 10.5. The number of phenolic OH excluding ortho intramolecular Hbond substituents is 1. The van der Waals surface area contributed by atoms with Crippen molar-refractivity contribution < 1.29 is 5.11 Å². The van der Waals surface area contributed by atoms with Crippen LogP contribution in [0.5, 0.6) is 5.75 Å². The highest BCUT2D eigenvalue weighted by Crippen LogP contribution is 2.33. The molecule has 1 N–H and O–H groups in total. The van der Waals surface area contributed by atoms with Gasteiger partial charge in [-0.05, 0) is 55.4 Å². The van der Waals surface area contributed by atoms with Crippen molar-refractivity contribution in [3.05, 3.63) is 28.3 Å². The standard InChI is InChI=1S/C13H20O/c1-6-8(2)12-9(3)7-10(4)13(14)11(12)5/h7-8,14H,6H2,1-5H3. The molecule has 14 heavy (non-hydrogen) atoms. The Morgan fingerprint density at radius 1 is 1.21 bits per heavy atom. The molecule has 0 radical (unpaired) electrons. The van der Waals surface area contributed by atoms with Gasteiger partial charge in [0.05, 0.1) is 0 Å². The van der Waals surface area contributed by atoms with Crippen LogP contribution < -0.4 is 0 Å². The lowest BCUT2D eigenvalue weighted by Crippen LogP contribution is -2.00. The largest absolute Gasteiger partial charge is 0.507 e. The zero-order valence-electron chi connectivity index (χ0n) is 9.81. The van der Waals surface area contributed by atoms with Crippen molar-refractivity contribution >= 4 is 0 Å². The van der Waals surface area contributed by atoms with Crippen molar-refractivity contribution in [2.45, 2.75) is 47.0 Å². The topological polar surface area (TPSA) is 20.2 Å². The minimum atomic E-state index is 0.464. The van der Waals surface area contributed by atoms with Gasteiger partial charge in [-0.25, -0.2) is 0 Å². The molecule has 0 heterocycles. The maximum Gasteiger partial charge on any atom is 0.121 e. The van der Waals surface area contributed by atoms with E-state index in [0.717, 1.165) is 17.5 Å². The molecule has 0 fully saturated rings. The predicted octanol–water partition coefficient (Wildman–Crippen LogP) is 3.83. The van der Waals surface area contributed by atoms with E-state index in [0.29, 0.717) is 11.7 Å². The normalized spacial score (nSPS) is 12.9. The van der Waals surface area contributed by atoms with Gasteiger partial charge in [0, 0.05) is 0 Å². The molecule has 0 aliphatic heterocycles. The van der Waals surface area contributed by atoms with Gasteiger partial charge in [-0.3, -0.25) is 0 Å². The van der Waals surface area contributed by atoms with E-state index >= 15 is 0 Å². The van der Waals surface area contributed by atoms with E-state index in [1.54, 1.807) is 0 Å². The van der Waals surface area contributed by atoms with E-state index in [4.69, 9.17) is 0 Å². The van der Waals surface area contributed by atoms with Gasteiger partial charge in [-0.2, -0.15) is 0 Å². The van der Waals surface area contributed by atoms with Crippen molar-refractivity contribution in [2.75, 3.05) is 0 Å². The van der Waals surface area contributed by atoms with Crippen LogP contribution in [0.1, 0.15) is 48.4 Å². The van der Waals surface area contributed by atoms with Crippen LogP contribution in [0.4, 0.5) is 0 Å². The Bertz CT molecular complexity index is 340. The van der Waals surface area contributed by atoms with Crippen LogP contribution >= 0.6 is 0 Å². The molecule has 0 saturated carbocycles. The molecule has 0 aliphatic carbocycles. The summed E-state index contributed by atoms with van der Waals surface area (Å²) in [6, 6.07) is 2.07. The smallest absolute Gasteiger partial charge is 0.121 e. The average molecular weight is 192 g/mol. The molecule has 1 rings (SSSR count). The fourth-order valence-electron chi connectivity index (χ4n) is 2.15. The third-order valence-electron chi connectivity index (χ3n) is 3.10. The summed E-state index contributed by atoms with van der Waals surface area (Å²) in [6.07, 6.45) is 1.12. The van der Waals surface area contributed by atoms with E-state index in [9.17, 15) is 5.11 Å². The fraction of sp³-hybridized carbons (Fsp3) is 0.538. The molecule has 0 aliphatic rings. The molecule has 78 valence electrons. The van der Waals surface area contributed by atoms with Gasteiger partial charge in [0.1, 0.15) is 5.75 Å². The van der Waals surface area contributed by atoms with Crippen LogP contribution in [0.2, 0.25) is 0 Å². The minimum absolute atomic E-state index is 0.464. The summed E-state index contributed by atoms with van der Waals surface area (Å²) in [5.74, 6) is 0.993. The molecule has 0 aromatic heterocycles. The Morgan fingerprint density at radius 2 is 1.79 bits per heavy atom. The summed E-state index contributed by atoms with van der Waals surface area (Å²) in [4.78, 5) is 0. The Balaban J connectivity index is 3.36. The maximum atomic E-state index is 9.86. The first-order chi connectivity index (χ1) is 6.49. The van der Waals surface area contributed by atoms with Gasteiger partial charge in [0.2, 0.25) is 0 Å². The maximum absolute atomic E-state index is 9.86. The third kappa shape index (κ3) is 1.77. The van der Waals surface area contributed by atoms with Gasteiger partial charge in [-0.1, -0.05) is 19.9 Å². The van der Waals surface area contributed by atoms with Crippen molar-refractivity contribution in [3.8, 4) is 5.75 Å². The summed E-state index contributed by atoms with van der Waals surface area (Å²) >= 11 is 0. The zero-order chi connectivity index (χ0) is 10.9. The van der Waals surface area contributed by atoms with Crippen LogP contribution in [0.3, 0.4) is 0 Å². The van der Waals surface area contributed by atoms with Crippen molar-refractivity contribution in [3.63, 3.8) is 0 Å². The molecule has 0 amide bonds. The Kier molecular flexibility index (Phi) is 3.20. The Labute approximate surface area is 86.8 Å². The monoisotopic (exact) mass is 192 g/mol. The summed E-state index contributed by atoms with van der Waals surface area (Å²) < 4.78 is 0. The number of hydrogen-bond acceptors (Lipinski definition) is 1. The van der Waals surface area contributed by atoms with Crippen molar-refractivity contribution in [2.24, 2.45) is 0 Å². The number of rotatable bonds is 2. The highest BCUT2D eigenvalue weighted by atomic mass is 16.3. The molecule has 0 saturated heterocycles. The minimum Gasteiger partial charge on any atom is -0.507 e. The van der Waals surface area contributed by atoms with Gasteiger partial charge < -0.3 is 5.11 Å². The number of hydrogen-bond donors (Lipinski definition) is 1. The lowest BCUT2D eigenvalue weighted by atomic mass is 9.88. The third-order valence-corrected chi connectivity index (χ3v) is 3.10. The highest BCUT2D eigenvalue weighted by Gasteiger charge is 2.14. The number of aryl methyl sites for hydroxylation is 2. The second-order valence-electron chi connectivity index (χ2n) is 4.21. The second kappa shape index (κ2) is 4.04. The molecule has 1 aromatic carbocycles. The molecule has 1 atom stereocenters. The molecule has 1 heteroatoms. The van der Waals surface area contributed by atoms with Gasteiger partial charge in [-0.15, -0.1) is 0 Å². The molecular formula is C13H20O. The van der Waals surface area contributed by atoms with Gasteiger partial charge in [0.15, 0.2) is 0 Å². The quantitative estimate of drug-likeness (QED) is 0.755. The molecule has 0 bridgehead atoms. The number of aromatic hydroxyl groups is 1. The molecule has 1 unspecified atom stereocenters. The van der Waals surface area contributed by atoms with Crippen LogP contribution in [-0.4, -0.2) is 5.11 Å². The highest BCUT2D eigenvalue weighted by molar-refractivity contribution is 5.49. The number of phenols is 1. The second-order valence-corrected chi connectivity index (χ2v) is 4.21. The molecule has 1 nitrogen and oxygen atoms in total. The van der Waals surface area contributed by atoms with E-state index in [2.05, 4.69) is 26.8 Å². The summed E-state index contributed by atoms with van der Waals surface area (Å²) in [5, 5.41) is 9.86. The Hall–Kier alpha value is -0.980. The first kappa shape index (κ1) is 11.1. The van der Waals surface area contributed by atoms with Gasteiger partial charge in [0.25, 0.3) is 0 Å². The zero-order valence-corrected chi connectivity index (χ0v) is 9.81. The summed E-state index contributed by atoms with van der Waals surface area (Å²) in [5.41, 5.74) is 4.65. The fourth-order valence-corrected chi connectivity index (χ4v) is 2.15. The van der Waals surface area contributed by atoms with Crippen LogP contribution in [0.25, 0.3) is 0 Å². The Morgan fingerprint density at radius 3 is 2.29 bits per heavy atom. The first-order valence-corrected chi connectivity index (χ1v) is 5.28. The summed E-state index contributed by atoms with van der Waals surface area (Å²) in [7, 11) is 0. The predicted molar refractivity (Wildman–Crippen MR) is 61.0 cm³/mol. The van der Waals surface area contributed by atoms with Crippen LogP contribution in [-0.2, 0) is 0 Å². The van der Waals surface area contributed by atoms with Crippen LogP contribution in [0.15, 0.2) is 6.07 Å².